The van der Waals surface area contributed by atoms with E-state index in [0.717, 1.165) is 28.8 Å². The summed E-state index contributed by atoms with van der Waals surface area (Å²) in [6.45, 7) is 2.50. The van der Waals surface area contributed by atoms with Crippen LogP contribution >= 0.6 is 11.8 Å². The van der Waals surface area contributed by atoms with Crippen molar-refractivity contribution in [1.29, 1.82) is 0 Å². The van der Waals surface area contributed by atoms with Crippen LogP contribution in [0.5, 0.6) is 0 Å². The van der Waals surface area contributed by atoms with Gasteiger partial charge in [-0.1, -0.05) is 23.9 Å². The lowest BCUT2D eigenvalue weighted by molar-refractivity contribution is -0.137. The van der Waals surface area contributed by atoms with Crippen LogP contribution < -0.4 is 10.2 Å². The van der Waals surface area contributed by atoms with Crippen molar-refractivity contribution in [1.82, 2.24) is 5.32 Å². The largest absolute Gasteiger partial charge is 0.464 e. The van der Waals surface area contributed by atoms with Gasteiger partial charge in [0, 0.05) is 9.79 Å². The van der Waals surface area contributed by atoms with E-state index in [9.17, 15) is 23.1 Å². The second-order valence-electron chi connectivity index (χ2n) is 5.83. The number of carbonyl (C=O) groups is 1. The third-order valence-corrected chi connectivity index (χ3v) is 5.11. The van der Waals surface area contributed by atoms with E-state index in [1.54, 1.807) is 24.3 Å². The van der Waals surface area contributed by atoms with E-state index in [2.05, 4.69) is 5.32 Å². The van der Waals surface area contributed by atoms with Gasteiger partial charge >= 0.3 is 12.3 Å². The molecule has 0 unspecified atom stereocenters. The molecule has 4 nitrogen and oxygen atoms in total. The average molecular weight is 382 g/mol. The van der Waals surface area contributed by atoms with Gasteiger partial charge in [0.2, 0.25) is 0 Å². The molecule has 2 N–H and O–H groups in total. The summed E-state index contributed by atoms with van der Waals surface area (Å²) in [7, 11) is 0. The quantitative estimate of drug-likeness (QED) is 0.644. The Hall–Kier alpha value is -2.19. The minimum Gasteiger partial charge on any atom is -0.464 e. The molecular weight excluding hydrogens is 365 g/mol. The number of carboxylic acid groups (broad SMARTS) is 1. The van der Waals surface area contributed by atoms with Crippen LogP contribution in [0.15, 0.2) is 52.3 Å². The van der Waals surface area contributed by atoms with Crippen LogP contribution in [0.2, 0.25) is 0 Å². The van der Waals surface area contributed by atoms with Crippen molar-refractivity contribution < 1.29 is 23.1 Å². The number of benzene rings is 2. The Morgan fingerprint density at radius 3 is 2.27 bits per heavy atom. The summed E-state index contributed by atoms with van der Waals surface area (Å²) in [6.07, 6.45) is -2.91. The van der Waals surface area contributed by atoms with E-state index in [1.165, 1.54) is 32.0 Å². The first kappa shape index (κ1) is 18.6. The number of fused-ring (bicyclic) bond motifs is 2. The van der Waals surface area contributed by atoms with Crippen LogP contribution in [0.1, 0.15) is 18.4 Å². The molecule has 1 fully saturated rings. The molecule has 26 heavy (non-hydrogen) atoms. The summed E-state index contributed by atoms with van der Waals surface area (Å²) < 4.78 is 38.3. The molecule has 0 bridgehead atoms. The van der Waals surface area contributed by atoms with Gasteiger partial charge in [0.25, 0.3) is 0 Å². The highest BCUT2D eigenvalue weighted by molar-refractivity contribution is 7.99. The summed E-state index contributed by atoms with van der Waals surface area (Å²) in [4.78, 5) is 13.3. The fourth-order valence-electron chi connectivity index (χ4n) is 2.76. The third kappa shape index (κ3) is 3.96. The Labute approximate surface area is 153 Å². The molecule has 2 aromatic carbocycles. The molecule has 0 atom stereocenters. The van der Waals surface area contributed by atoms with Crippen LogP contribution in [0, 0.1) is 0 Å². The molecular formula is C18H17F3N2O2S. The number of rotatable bonds is 0. The number of nitrogens with one attached hydrogen (secondary N) is 1. The first-order chi connectivity index (χ1) is 12.4. The lowest BCUT2D eigenvalue weighted by Gasteiger charge is -2.29. The number of halogens is 3. The van der Waals surface area contributed by atoms with E-state index in [1.807, 2.05) is 0 Å². The molecule has 1 saturated heterocycles. The number of amides is 1. The smallest absolute Gasteiger partial charge is 0.416 e. The number of anilines is 2. The molecule has 0 spiro atoms. The fraction of sp³-hybridized carbons (Fsp3) is 0.278. The molecule has 0 saturated carbocycles. The topological polar surface area (TPSA) is 52.6 Å². The van der Waals surface area contributed by atoms with Gasteiger partial charge in [-0.15, -0.1) is 0 Å². The maximum atomic E-state index is 12.8. The minimum atomic E-state index is -4.46. The lowest BCUT2D eigenvalue weighted by Crippen LogP contribution is -2.26. The fourth-order valence-corrected chi connectivity index (χ4v) is 3.86. The monoisotopic (exact) mass is 382 g/mol. The molecule has 2 aromatic rings. The van der Waals surface area contributed by atoms with E-state index >= 15 is 0 Å². The Balaban J connectivity index is 0.000000339. The third-order valence-electron chi connectivity index (χ3n) is 4.00. The first-order valence-corrected chi connectivity index (χ1v) is 8.91. The zero-order valence-corrected chi connectivity index (χ0v) is 14.5. The Morgan fingerprint density at radius 1 is 1.04 bits per heavy atom. The number of para-hydroxylation sites is 1. The predicted octanol–water partition coefficient (Wildman–Crippen LogP) is 5.36. The molecule has 4 rings (SSSR count). The van der Waals surface area contributed by atoms with Gasteiger partial charge in [0.05, 0.1) is 16.9 Å². The van der Waals surface area contributed by atoms with Gasteiger partial charge in [-0.25, -0.2) is 9.69 Å². The van der Waals surface area contributed by atoms with Crippen LogP contribution in [0.25, 0.3) is 0 Å². The molecule has 0 radical (unpaired) electrons. The molecule has 138 valence electrons. The SMILES string of the molecule is C1CCNC1.O=C(O)N1c2ccccc2Sc2cc(C(F)(F)F)ccc21. The van der Waals surface area contributed by atoms with E-state index < -0.39 is 17.8 Å². The van der Waals surface area contributed by atoms with Gasteiger partial charge < -0.3 is 10.4 Å². The molecule has 0 aliphatic carbocycles. The number of hydrogen-bond acceptors (Lipinski definition) is 3. The van der Waals surface area contributed by atoms with Gasteiger partial charge in [-0.2, -0.15) is 13.2 Å². The zero-order chi connectivity index (χ0) is 18.7. The average Bonchev–Trinajstić information content (AvgIpc) is 3.17. The maximum Gasteiger partial charge on any atom is 0.416 e. The van der Waals surface area contributed by atoms with Gasteiger partial charge in [-0.05, 0) is 56.3 Å². The van der Waals surface area contributed by atoms with E-state index in [0.29, 0.717) is 10.6 Å². The van der Waals surface area contributed by atoms with Crippen molar-refractivity contribution in [3.8, 4) is 0 Å². The van der Waals surface area contributed by atoms with Crippen LogP contribution in [-0.2, 0) is 6.18 Å². The number of hydrogen-bond donors (Lipinski definition) is 2. The predicted molar refractivity (Wildman–Crippen MR) is 94.3 cm³/mol. The van der Waals surface area contributed by atoms with E-state index in [4.69, 9.17) is 0 Å². The summed E-state index contributed by atoms with van der Waals surface area (Å²) in [6, 6.07) is 9.76. The lowest BCUT2D eigenvalue weighted by atomic mass is 10.1. The Bertz CT molecular complexity index is 800. The second-order valence-corrected chi connectivity index (χ2v) is 6.91. The first-order valence-electron chi connectivity index (χ1n) is 8.10. The molecule has 2 heterocycles. The van der Waals surface area contributed by atoms with Crippen LogP contribution in [-0.4, -0.2) is 24.3 Å². The highest BCUT2D eigenvalue weighted by Gasteiger charge is 2.34. The van der Waals surface area contributed by atoms with Crippen molar-refractivity contribution in [2.45, 2.75) is 28.8 Å². The summed E-state index contributed by atoms with van der Waals surface area (Å²) >= 11 is 1.13. The van der Waals surface area contributed by atoms with Crippen LogP contribution in [0.3, 0.4) is 0 Å². The molecule has 0 aromatic heterocycles. The van der Waals surface area contributed by atoms with Crippen molar-refractivity contribution in [3.63, 3.8) is 0 Å². The number of alkyl halides is 3. The highest BCUT2D eigenvalue weighted by atomic mass is 32.2. The minimum absolute atomic E-state index is 0.235. The normalized spacial score (nSPS) is 15.6. The number of nitrogens with zero attached hydrogens (tertiary/aromatic N) is 1. The van der Waals surface area contributed by atoms with Crippen molar-refractivity contribution in [2.24, 2.45) is 0 Å². The van der Waals surface area contributed by atoms with Gasteiger partial charge in [-0.3, -0.25) is 0 Å². The molecule has 2 aliphatic rings. The van der Waals surface area contributed by atoms with Gasteiger partial charge in [0.1, 0.15) is 0 Å². The Kier molecular flexibility index (Phi) is 5.43. The molecule has 2 aliphatic heterocycles. The standard InChI is InChI=1S/C14H8F3NO2S.C4H9N/c15-14(16,17)8-5-6-10-12(7-8)21-11-4-2-1-3-9(11)18(10)13(19)20;1-2-4-5-3-1/h1-7H,(H,19,20);5H,1-4H2. The second kappa shape index (κ2) is 7.59. The van der Waals surface area contributed by atoms with Crippen LogP contribution in [0.4, 0.5) is 29.3 Å². The van der Waals surface area contributed by atoms with E-state index in [-0.39, 0.29) is 10.6 Å². The van der Waals surface area contributed by atoms with Gasteiger partial charge in [0.15, 0.2) is 0 Å². The van der Waals surface area contributed by atoms with Crippen molar-refractivity contribution >= 4 is 29.2 Å². The summed E-state index contributed by atoms with van der Waals surface area (Å²) in [5.74, 6) is 0. The summed E-state index contributed by atoms with van der Waals surface area (Å²) in [5.41, 5.74) is -0.111. The Morgan fingerprint density at radius 2 is 1.69 bits per heavy atom. The van der Waals surface area contributed by atoms with Crippen molar-refractivity contribution in [3.05, 3.63) is 48.0 Å². The van der Waals surface area contributed by atoms with Crippen molar-refractivity contribution in [2.75, 3.05) is 18.0 Å². The zero-order valence-electron chi connectivity index (χ0n) is 13.7. The maximum absolute atomic E-state index is 12.8. The highest BCUT2D eigenvalue weighted by Crippen LogP contribution is 2.49. The molecule has 1 amide bonds. The summed E-state index contributed by atoms with van der Waals surface area (Å²) in [5, 5.41) is 12.6. The molecule has 8 heteroatoms.